The van der Waals surface area contributed by atoms with Gasteiger partial charge in [-0.15, -0.1) is 0 Å². The number of hydrogen-bond acceptors (Lipinski definition) is 4. The molecule has 1 saturated heterocycles. The molecule has 16 heavy (non-hydrogen) atoms. The summed E-state index contributed by atoms with van der Waals surface area (Å²) in [6, 6.07) is 0.151. The highest BCUT2D eigenvalue weighted by Crippen LogP contribution is 2.22. The molecule has 0 aromatic carbocycles. The smallest absolute Gasteiger partial charge is 0.407 e. The Kier molecular flexibility index (Phi) is 4.92. The third-order valence-electron chi connectivity index (χ3n) is 2.50. The van der Waals surface area contributed by atoms with Gasteiger partial charge in [-0.3, -0.25) is 0 Å². The Hall–Kier alpha value is -0.420. The number of rotatable bonds is 2. The van der Waals surface area contributed by atoms with Crippen LogP contribution in [0.1, 0.15) is 27.2 Å². The quantitative estimate of drug-likeness (QED) is 0.776. The van der Waals surface area contributed by atoms with Crippen LogP contribution in [0.4, 0.5) is 4.79 Å². The largest absolute Gasteiger partial charge is 0.444 e. The van der Waals surface area contributed by atoms with E-state index < -0.39 is 5.60 Å². The molecular formula is C11H22N2O2S. The van der Waals surface area contributed by atoms with Gasteiger partial charge in [0, 0.05) is 11.8 Å². The summed E-state index contributed by atoms with van der Waals surface area (Å²) in [5.41, 5.74) is 5.25. The minimum Gasteiger partial charge on any atom is -0.444 e. The van der Waals surface area contributed by atoms with Gasteiger partial charge >= 0.3 is 6.09 Å². The summed E-state index contributed by atoms with van der Waals surface area (Å²) >= 11 is 1.86. The van der Waals surface area contributed by atoms with Crippen LogP contribution in [-0.4, -0.2) is 35.8 Å². The molecule has 0 aromatic heterocycles. The second-order valence-corrected chi connectivity index (χ2v) is 6.26. The predicted octanol–water partition coefficient (Wildman–Crippen LogP) is 1.59. The SMILES string of the molecule is CC(C)(C)OC(=O)NC1CSCCC1CN. The fourth-order valence-corrected chi connectivity index (χ4v) is 2.93. The van der Waals surface area contributed by atoms with Gasteiger partial charge in [0.05, 0.1) is 0 Å². The lowest BCUT2D eigenvalue weighted by Gasteiger charge is -2.31. The zero-order chi connectivity index (χ0) is 12.2. The van der Waals surface area contributed by atoms with E-state index in [1.807, 2.05) is 32.5 Å². The first-order chi connectivity index (χ1) is 7.42. The Morgan fingerprint density at radius 2 is 2.25 bits per heavy atom. The molecule has 0 radical (unpaired) electrons. The van der Waals surface area contributed by atoms with Gasteiger partial charge < -0.3 is 15.8 Å². The molecular weight excluding hydrogens is 224 g/mol. The van der Waals surface area contributed by atoms with Crippen LogP contribution in [0.3, 0.4) is 0 Å². The van der Waals surface area contributed by atoms with Crippen LogP contribution in [-0.2, 0) is 4.74 Å². The van der Waals surface area contributed by atoms with Crippen LogP contribution in [0.2, 0.25) is 0 Å². The van der Waals surface area contributed by atoms with E-state index in [1.165, 1.54) is 0 Å². The second-order valence-electron chi connectivity index (χ2n) is 5.11. The second kappa shape index (κ2) is 5.77. The fraction of sp³-hybridized carbons (Fsp3) is 0.909. The maximum atomic E-state index is 11.6. The van der Waals surface area contributed by atoms with E-state index in [2.05, 4.69) is 5.32 Å². The van der Waals surface area contributed by atoms with Gasteiger partial charge in [0.15, 0.2) is 0 Å². The third-order valence-corrected chi connectivity index (χ3v) is 3.62. The standard InChI is InChI=1S/C11H22N2O2S/c1-11(2,3)15-10(14)13-9-7-16-5-4-8(9)6-12/h8-9H,4-7,12H2,1-3H3,(H,13,14). The minimum atomic E-state index is -0.440. The first kappa shape index (κ1) is 13.6. The van der Waals surface area contributed by atoms with Gasteiger partial charge in [0.25, 0.3) is 0 Å². The summed E-state index contributed by atoms with van der Waals surface area (Å²) in [4.78, 5) is 11.6. The minimum absolute atomic E-state index is 0.151. The van der Waals surface area contributed by atoms with Crippen molar-refractivity contribution in [3.63, 3.8) is 0 Å². The average Bonchev–Trinajstić information content (AvgIpc) is 2.15. The number of nitrogens with two attached hydrogens (primary N) is 1. The van der Waals surface area contributed by atoms with Crippen molar-refractivity contribution < 1.29 is 9.53 Å². The summed E-state index contributed by atoms with van der Waals surface area (Å²) in [5.74, 6) is 2.45. The number of amides is 1. The van der Waals surface area contributed by atoms with Crippen molar-refractivity contribution in [2.75, 3.05) is 18.1 Å². The Labute approximate surface area is 102 Å². The zero-order valence-corrected chi connectivity index (χ0v) is 11.1. The molecule has 1 rings (SSSR count). The van der Waals surface area contributed by atoms with Crippen LogP contribution in [0.25, 0.3) is 0 Å². The molecule has 0 aromatic rings. The zero-order valence-electron chi connectivity index (χ0n) is 10.3. The fourth-order valence-electron chi connectivity index (χ4n) is 1.68. The van der Waals surface area contributed by atoms with E-state index in [0.717, 1.165) is 17.9 Å². The third kappa shape index (κ3) is 4.61. The maximum absolute atomic E-state index is 11.6. The predicted molar refractivity (Wildman–Crippen MR) is 67.6 cm³/mol. The van der Waals surface area contributed by atoms with Crippen molar-refractivity contribution in [2.24, 2.45) is 11.7 Å². The monoisotopic (exact) mass is 246 g/mol. The molecule has 1 aliphatic rings. The first-order valence-corrected chi connectivity index (χ1v) is 6.85. The summed E-state index contributed by atoms with van der Waals surface area (Å²) in [6.07, 6.45) is 0.736. The van der Waals surface area contributed by atoms with Gasteiger partial charge in [0.1, 0.15) is 5.60 Å². The molecule has 3 N–H and O–H groups in total. The van der Waals surface area contributed by atoms with Crippen molar-refractivity contribution in [1.82, 2.24) is 5.32 Å². The van der Waals surface area contributed by atoms with Crippen LogP contribution < -0.4 is 11.1 Å². The van der Waals surface area contributed by atoms with Crippen LogP contribution in [0, 0.1) is 5.92 Å². The molecule has 0 bridgehead atoms. The van der Waals surface area contributed by atoms with Gasteiger partial charge in [-0.25, -0.2) is 4.79 Å². The lowest BCUT2D eigenvalue weighted by Crippen LogP contribution is -2.48. The van der Waals surface area contributed by atoms with E-state index in [-0.39, 0.29) is 12.1 Å². The summed E-state index contributed by atoms with van der Waals surface area (Å²) in [5, 5.41) is 2.91. The average molecular weight is 246 g/mol. The van der Waals surface area contributed by atoms with Crippen molar-refractivity contribution in [3.8, 4) is 0 Å². The number of thioether (sulfide) groups is 1. The molecule has 2 unspecified atom stereocenters. The number of alkyl carbamates (subject to hydrolysis) is 1. The molecule has 4 nitrogen and oxygen atoms in total. The summed E-state index contributed by atoms with van der Waals surface area (Å²) < 4.78 is 5.23. The summed E-state index contributed by atoms with van der Waals surface area (Å²) in [6.45, 7) is 6.22. The topological polar surface area (TPSA) is 64.3 Å². The normalized spacial score (nSPS) is 26.2. The molecule has 5 heteroatoms. The highest BCUT2D eigenvalue weighted by Gasteiger charge is 2.27. The molecule has 0 aliphatic carbocycles. The number of nitrogens with one attached hydrogen (secondary N) is 1. The molecule has 1 amide bonds. The van der Waals surface area contributed by atoms with Crippen molar-refractivity contribution in [1.29, 1.82) is 0 Å². The Morgan fingerprint density at radius 3 is 2.81 bits per heavy atom. The van der Waals surface area contributed by atoms with Crippen molar-refractivity contribution >= 4 is 17.9 Å². The van der Waals surface area contributed by atoms with Crippen LogP contribution >= 0.6 is 11.8 Å². The van der Waals surface area contributed by atoms with Gasteiger partial charge in [0.2, 0.25) is 0 Å². The molecule has 1 fully saturated rings. The number of carbonyl (C=O) groups excluding carboxylic acids is 1. The lowest BCUT2D eigenvalue weighted by molar-refractivity contribution is 0.0492. The van der Waals surface area contributed by atoms with Gasteiger partial charge in [-0.2, -0.15) is 11.8 Å². The number of carbonyl (C=O) groups is 1. The van der Waals surface area contributed by atoms with Crippen molar-refractivity contribution in [3.05, 3.63) is 0 Å². The highest BCUT2D eigenvalue weighted by molar-refractivity contribution is 7.99. The Morgan fingerprint density at radius 1 is 1.56 bits per heavy atom. The van der Waals surface area contributed by atoms with E-state index in [1.54, 1.807) is 0 Å². The summed E-state index contributed by atoms with van der Waals surface area (Å²) in [7, 11) is 0. The van der Waals surface area contributed by atoms with Gasteiger partial charge in [-0.05, 0) is 45.4 Å². The van der Waals surface area contributed by atoms with E-state index in [0.29, 0.717) is 12.5 Å². The van der Waals surface area contributed by atoms with Crippen LogP contribution in [0.5, 0.6) is 0 Å². The molecule has 0 saturated carbocycles. The van der Waals surface area contributed by atoms with Crippen molar-refractivity contribution in [2.45, 2.75) is 38.8 Å². The molecule has 1 heterocycles. The van der Waals surface area contributed by atoms with E-state index >= 15 is 0 Å². The Bertz CT molecular complexity index is 241. The van der Waals surface area contributed by atoms with E-state index in [9.17, 15) is 4.79 Å². The molecule has 1 aliphatic heterocycles. The molecule has 94 valence electrons. The first-order valence-electron chi connectivity index (χ1n) is 5.69. The lowest BCUT2D eigenvalue weighted by atomic mass is 9.98. The number of hydrogen-bond donors (Lipinski definition) is 2. The molecule has 2 atom stereocenters. The highest BCUT2D eigenvalue weighted by atomic mass is 32.2. The van der Waals surface area contributed by atoms with Gasteiger partial charge in [-0.1, -0.05) is 0 Å². The van der Waals surface area contributed by atoms with Crippen LogP contribution in [0.15, 0.2) is 0 Å². The van der Waals surface area contributed by atoms with E-state index in [4.69, 9.17) is 10.5 Å². The maximum Gasteiger partial charge on any atom is 0.407 e. The molecule has 0 spiro atoms. The number of ether oxygens (including phenoxy) is 1. The Balaban J connectivity index is 2.42.